The van der Waals surface area contributed by atoms with Gasteiger partial charge in [0.05, 0.1) is 17.7 Å². The Morgan fingerprint density at radius 2 is 2.17 bits per heavy atom. The number of rotatable bonds is 2. The second kappa shape index (κ2) is 3.35. The summed E-state index contributed by atoms with van der Waals surface area (Å²) in [6, 6.07) is 11.6. The van der Waals surface area contributed by atoms with Gasteiger partial charge in [-0.05, 0) is 19.0 Å². The van der Waals surface area contributed by atoms with Gasteiger partial charge in [0, 0.05) is 12.5 Å². The average molecular weight is 242 g/mol. The highest BCUT2D eigenvalue weighted by Gasteiger charge is 2.75. The lowest BCUT2D eigenvalue weighted by Gasteiger charge is -2.26. The molecule has 1 spiro atoms. The zero-order valence-electron chi connectivity index (χ0n) is 10.8. The van der Waals surface area contributed by atoms with E-state index in [0.29, 0.717) is 18.0 Å². The van der Waals surface area contributed by atoms with Crippen LogP contribution in [0.3, 0.4) is 0 Å². The SMILES string of the molecule is CCN1C(C)C2C(c3ccccc3)=NOC23CC13. The molecule has 2 aliphatic heterocycles. The van der Waals surface area contributed by atoms with Gasteiger partial charge in [0.15, 0.2) is 5.60 Å². The first-order valence-electron chi connectivity index (χ1n) is 6.85. The van der Waals surface area contributed by atoms with E-state index in [1.54, 1.807) is 0 Å². The lowest BCUT2D eigenvalue weighted by atomic mass is 9.87. The fraction of sp³-hybridized carbons (Fsp3) is 0.533. The number of oxime groups is 1. The summed E-state index contributed by atoms with van der Waals surface area (Å²) in [6.07, 6.45) is 1.15. The zero-order chi connectivity index (χ0) is 12.3. The summed E-state index contributed by atoms with van der Waals surface area (Å²) in [7, 11) is 0. The standard InChI is InChI=1S/C15H18N2O/c1-3-17-10(2)13-14(11-7-5-4-6-8-11)16-18-15(13)9-12(15)17/h4-8,10,12-13H,3,9H2,1-2H3. The lowest BCUT2D eigenvalue weighted by Crippen LogP contribution is -2.37. The van der Waals surface area contributed by atoms with Crippen LogP contribution in [0.5, 0.6) is 0 Å². The van der Waals surface area contributed by atoms with Crippen LogP contribution in [0.1, 0.15) is 25.8 Å². The number of piperidine rings is 1. The van der Waals surface area contributed by atoms with Gasteiger partial charge in [0.2, 0.25) is 0 Å². The third-order valence-corrected chi connectivity index (χ3v) is 4.89. The third kappa shape index (κ3) is 1.11. The second-order valence-electron chi connectivity index (χ2n) is 5.66. The summed E-state index contributed by atoms with van der Waals surface area (Å²) < 4.78 is 0. The Labute approximate surface area is 107 Å². The van der Waals surface area contributed by atoms with Crippen LogP contribution in [0.4, 0.5) is 0 Å². The Morgan fingerprint density at radius 3 is 2.89 bits per heavy atom. The van der Waals surface area contributed by atoms with Gasteiger partial charge in [-0.1, -0.05) is 42.4 Å². The smallest absolute Gasteiger partial charge is 0.164 e. The number of likely N-dealkylation sites (N-methyl/N-ethyl adjacent to an activating group) is 1. The van der Waals surface area contributed by atoms with Crippen molar-refractivity contribution in [2.75, 3.05) is 6.54 Å². The quantitative estimate of drug-likeness (QED) is 0.794. The van der Waals surface area contributed by atoms with Gasteiger partial charge in [-0.3, -0.25) is 4.90 Å². The van der Waals surface area contributed by atoms with E-state index >= 15 is 0 Å². The van der Waals surface area contributed by atoms with Crippen LogP contribution < -0.4 is 0 Å². The van der Waals surface area contributed by atoms with Crippen molar-refractivity contribution in [3.8, 4) is 0 Å². The molecule has 18 heavy (non-hydrogen) atoms. The summed E-state index contributed by atoms with van der Waals surface area (Å²) in [6.45, 7) is 5.66. The minimum atomic E-state index is 0.0145. The Morgan fingerprint density at radius 1 is 1.39 bits per heavy atom. The van der Waals surface area contributed by atoms with Crippen molar-refractivity contribution >= 4 is 5.71 Å². The highest BCUT2D eigenvalue weighted by atomic mass is 16.7. The van der Waals surface area contributed by atoms with Crippen LogP contribution in [0.2, 0.25) is 0 Å². The van der Waals surface area contributed by atoms with E-state index in [-0.39, 0.29) is 5.60 Å². The minimum Gasteiger partial charge on any atom is -0.386 e. The minimum absolute atomic E-state index is 0.0145. The molecule has 0 radical (unpaired) electrons. The van der Waals surface area contributed by atoms with E-state index < -0.39 is 0 Å². The van der Waals surface area contributed by atoms with Gasteiger partial charge in [-0.2, -0.15) is 0 Å². The second-order valence-corrected chi connectivity index (χ2v) is 5.66. The van der Waals surface area contributed by atoms with Gasteiger partial charge < -0.3 is 4.84 Å². The van der Waals surface area contributed by atoms with E-state index in [2.05, 4.69) is 48.2 Å². The van der Waals surface area contributed by atoms with Crippen LogP contribution in [0.25, 0.3) is 0 Å². The van der Waals surface area contributed by atoms with Crippen molar-refractivity contribution in [2.45, 2.75) is 38.0 Å². The molecule has 4 atom stereocenters. The maximum Gasteiger partial charge on any atom is 0.164 e. The topological polar surface area (TPSA) is 24.8 Å². The summed E-state index contributed by atoms with van der Waals surface area (Å²) in [4.78, 5) is 8.43. The van der Waals surface area contributed by atoms with Crippen LogP contribution >= 0.6 is 0 Å². The van der Waals surface area contributed by atoms with E-state index in [4.69, 9.17) is 4.84 Å². The average Bonchev–Trinajstić information content (AvgIpc) is 2.87. The molecule has 0 bridgehead atoms. The van der Waals surface area contributed by atoms with Gasteiger partial charge in [-0.25, -0.2) is 0 Å². The highest BCUT2D eigenvalue weighted by molar-refractivity contribution is 6.04. The van der Waals surface area contributed by atoms with Crippen molar-refractivity contribution in [1.82, 2.24) is 4.90 Å². The molecule has 0 amide bonds. The van der Waals surface area contributed by atoms with Gasteiger partial charge in [-0.15, -0.1) is 0 Å². The third-order valence-electron chi connectivity index (χ3n) is 4.89. The first-order valence-corrected chi connectivity index (χ1v) is 6.85. The molecule has 4 rings (SSSR count). The molecule has 3 heteroatoms. The molecule has 0 aromatic heterocycles. The van der Waals surface area contributed by atoms with Gasteiger partial charge >= 0.3 is 0 Å². The van der Waals surface area contributed by atoms with E-state index in [1.807, 2.05) is 6.07 Å². The maximum absolute atomic E-state index is 5.85. The predicted octanol–water partition coefficient (Wildman–Crippen LogP) is 2.27. The summed E-state index contributed by atoms with van der Waals surface area (Å²) in [5, 5.41) is 4.41. The first-order chi connectivity index (χ1) is 8.78. The molecule has 4 unspecified atom stereocenters. The summed E-state index contributed by atoms with van der Waals surface area (Å²) in [5.74, 6) is 0.449. The molecule has 1 aromatic rings. The van der Waals surface area contributed by atoms with Gasteiger partial charge in [0.1, 0.15) is 0 Å². The number of benzene rings is 1. The van der Waals surface area contributed by atoms with Crippen molar-refractivity contribution in [3.63, 3.8) is 0 Å². The Hall–Kier alpha value is -1.35. The molecule has 1 saturated carbocycles. The molecule has 1 saturated heterocycles. The zero-order valence-corrected chi connectivity index (χ0v) is 10.8. The van der Waals surface area contributed by atoms with Crippen molar-refractivity contribution in [1.29, 1.82) is 0 Å². The molecule has 3 aliphatic rings. The summed E-state index contributed by atoms with van der Waals surface area (Å²) >= 11 is 0. The molecule has 2 heterocycles. The van der Waals surface area contributed by atoms with Crippen LogP contribution in [-0.4, -0.2) is 34.8 Å². The molecule has 1 aromatic carbocycles. The molecular formula is C15H18N2O. The molecule has 0 N–H and O–H groups in total. The lowest BCUT2D eigenvalue weighted by molar-refractivity contribution is 0.0451. The number of nitrogens with zero attached hydrogens (tertiary/aromatic N) is 2. The maximum atomic E-state index is 5.85. The molecule has 3 nitrogen and oxygen atoms in total. The molecule has 1 aliphatic carbocycles. The monoisotopic (exact) mass is 242 g/mol. The number of likely N-dealkylation sites (tertiary alicyclic amines) is 1. The fourth-order valence-corrected chi connectivity index (χ4v) is 4.01. The molecule has 94 valence electrons. The Bertz CT molecular complexity index is 512. The van der Waals surface area contributed by atoms with Crippen molar-refractivity contribution < 1.29 is 4.84 Å². The summed E-state index contributed by atoms with van der Waals surface area (Å²) in [5.41, 5.74) is 2.39. The Kier molecular flexibility index (Phi) is 1.97. The highest BCUT2D eigenvalue weighted by Crippen LogP contribution is 2.61. The van der Waals surface area contributed by atoms with Crippen LogP contribution in [0, 0.1) is 5.92 Å². The van der Waals surface area contributed by atoms with E-state index in [1.165, 1.54) is 5.56 Å². The van der Waals surface area contributed by atoms with E-state index in [0.717, 1.165) is 18.7 Å². The molecule has 2 fully saturated rings. The van der Waals surface area contributed by atoms with Gasteiger partial charge in [0.25, 0.3) is 0 Å². The molecular weight excluding hydrogens is 224 g/mol. The van der Waals surface area contributed by atoms with Crippen LogP contribution in [-0.2, 0) is 4.84 Å². The van der Waals surface area contributed by atoms with Crippen molar-refractivity contribution in [3.05, 3.63) is 35.9 Å². The first kappa shape index (κ1) is 10.6. The largest absolute Gasteiger partial charge is 0.386 e. The Balaban J connectivity index is 1.73. The number of hydrogen-bond acceptors (Lipinski definition) is 3. The number of hydrogen-bond donors (Lipinski definition) is 0. The normalized spacial score (nSPS) is 41.0. The predicted molar refractivity (Wildman–Crippen MR) is 70.5 cm³/mol. The van der Waals surface area contributed by atoms with Crippen molar-refractivity contribution in [2.24, 2.45) is 11.1 Å². The fourth-order valence-electron chi connectivity index (χ4n) is 4.01. The van der Waals surface area contributed by atoms with Crippen LogP contribution in [0.15, 0.2) is 35.5 Å². The van der Waals surface area contributed by atoms with E-state index in [9.17, 15) is 0 Å².